The highest BCUT2D eigenvalue weighted by molar-refractivity contribution is 5.93. The van der Waals surface area contributed by atoms with E-state index in [2.05, 4.69) is 15.4 Å². The molecule has 0 radical (unpaired) electrons. The highest BCUT2D eigenvalue weighted by Gasteiger charge is 2.39. The van der Waals surface area contributed by atoms with E-state index in [0.717, 1.165) is 31.5 Å². The molecule has 0 bridgehead atoms. The maximum absolute atomic E-state index is 14.0. The molecule has 1 aromatic carbocycles. The van der Waals surface area contributed by atoms with Crippen LogP contribution in [-0.2, 0) is 4.79 Å². The summed E-state index contributed by atoms with van der Waals surface area (Å²) in [5, 5.41) is 6.68. The first-order valence-corrected chi connectivity index (χ1v) is 11.0. The standard InChI is InChI=1S/C23H28F2N4O3/c1-28(2)23(31)17-13-29(15-5-3-4-6-15)10-9-19(17)26-22(30)21-12-20(27-32-21)16-8-7-14(24)11-18(16)25/h7-8,11-12,15,17,19H,3-6,9-10,13H2,1-2H3,(H,26,30)/t17-,19-/m1/s1. The van der Waals surface area contributed by atoms with Gasteiger partial charge in [-0.3, -0.25) is 14.5 Å². The number of carbonyl (C=O) groups is 2. The minimum Gasteiger partial charge on any atom is -0.350 e. The Labute approximate surface area is 185 Å². The first-order chi connectivity index (χ1) is 15.3. The van der Waals surface area contributed by atoms with Gasteiger partial charge in [0.15, 0.2) is 0 Å². The Bertz CT molecular complexity index is 987. The molecule has 9 heteroatoms. The molecule has 1 aliphatic carbocycles. The van der Waals surface area contributed by atoms with Crippen LogP contribution in [0.5, 0.6) is 0 Å². The highest BCUT2D eigenvalue weighted by Crippen LogP contribution is 2.29. The average Bonchev–Trinajstić information content (AvgIpc) is 3.46. The van der Waals surface area contributed by atoms with Crippen LogP contribution in [0.15, 0.2) is 28.8 Å². The van der Waals surface area contributed by atoms with Gasteiger partial charge in [0, 0.05) is 57.0 Å². The number of amides is 2. The number of hydrogen-bond acceptors (Lipinski definition) is 5. The van der Waals surface area contributed by atoms with Gasteiger partial charge in [-0.2, -0.15) is 0 Å². The van der Waals surface area contributed by atoms with Crippen LogP contribution in [0, 0.1) is 17.6 Å². The summed E-state index contributed by atoms with van der Waals surface area (Å²) in [5.74, 6) is -2.47. The molecular formula is C23H28F2N4O3. The summed E-state index contributed by atoms with van der Waals surface area (Å²) in [4.78, 5) is 29.7. The van der Waals surface area contributed by atoms with Crippen LogP contribution >= 0.6 is 0 Å². The first-order valence-electron chi connectivity index (χ1n) is 11.0. The third-order valence-electron chi connectivity index (χ3n) is 6.50. The predicted octanol–water partition coefficient (Wildman–Crippen LogP) is 3.07. The van der Waals surface area contributed by atoms with Crippen molar-refractivity contribution >= 4 is 11.8 Å². The summed E-state index contributed by atoms with van der Waals surface area (Å²) in [6.07, 6.45) is 5.40. The van der Waals surface area contributed by atoms with Crippen LogP contribution in [0.4, 0.5) is 8.78 Å². The third kappa shape index (κ3) is 4.67. The second kappa shape index (κ2) is 9.36. The van der Waals surface area contributed by atoms with E-state index in [0.29, 0.717) is 19.0 Å². The van der Waals surface area contributed by atoms with Gasteiger partial charge in [-0.15, -0.1) is 0 Å². The minimum atomic E-state index is -0.791. The van der Waals surface area contributed by atoms with Crippen LogP contribution in [0.1, 0.15) is 42.7 Å². The number of carbonyl (C=O) groups excluding carboxylic acids is 2. The molecule has 1 N–H and O–H groups in total. The molecule has 0 spiro atoms. The van der Waals surface area contributed by atoms with Gasteiger partial charge in [0.2, 0.25) is 11.7 Å². The monoisotopic (exact) mass is 446 g/mol. The van der Waals surface area contributed by atoms with E-state index in [4.69, 9.17) is 4.52 Å². The zero-order valence-electron chi connectivity index (χ0n) is 18.3. The van der Waals surface area contributed by atoms with Gasteiger partial charge in [0.05, 0.1) is 5.92 Å². The molecule has 0 unspecified atom stereocenters. The van der Waals surface area contributed by atoms with E-state index in [-0.39, 0.29) is 34.9 Å². The summed E-state index contributed by atoms with van der Waals surface area (Å²) < 4.78 is 32.3. The lowest BCUT2D eigenvalue weighted by atomic mass is 9.89. The fourth-order valence-electron chi connectivity index (χ4n) is 4.78. The molecule has 172 valence electrons. The molecule has 1 aliphatic heterocycles. The lowest BCUT2D eigenvalue weighted by molar-refractivity contribution is -0.136. The van der Waals surface area contributed by atoms with Gasteiger partial charge in [-0.05, 0) is 31.4 Å². The zero-order valence-corrected chi connectivity index (χ0v) is 18.3. The molecule has 2 fully saturated rings. The van der Waals surface area contributed by atoms with Crippen molar-refractivity contribution in [2.24, 2.45) is 5.92 Å². The fraction of sp³-hybridized carbons (Fsp3) is 0.522. The fourth-order valence-corrected chi connectivity index (χ4v) is 4.78. The quantitative estimate of drug-likeness (QED) is 0.764. The molecule has 2 aromatic rings. The Morgan fingerprint density at radius 2 is 1.91 bits per heavy atom. The third-order valence-corrected chi connectivity index (χ3v) is 6.50. The van der Waals surface area contributed by atoms with E-state index in [1.165, 1.54) is 25.0 Å². The van der Waals surface area contributed by atoms with Gasteiger partial charge >= 0.3 is 0 Å². The van der Waals surface area contributed by atoms with E-state index in [9.17, 15) is 18.4 Å². The minimum absolute atomic E-state index is 0.0235. The Morgan fingerprint density at radius 1 is 1.16 bits per heavy atom. The molecule has 1 aromatic heterocycles. The predicted molar refractivity (Wildman–Crippen MR) is 114 cm³/mol. The number of likely N-dealkylation sites (tertiary alicyclic amines) is 1. The molecule has 2 heterocycles. The second-order valence-electron chi connectivity index (χ2n) is 8.84. The van der Waals surface area contributed by atoms with Crippen molar-refractivity contribution in [3.63, 3.8) is 0 Å². The molecule has 2 aliphatic rings. The number of nitrogens with zero attached hydrogens (tertiary/aromatic N) is 3. The molecule has 4 rings (SSSR count). The lowest BCUT2D eigenvalue weighted by Gasteiger charge is -2.41. The van der Waals surface area contributed by atoms with Gasteiger partial charge in [-0.25, -0.2) is 8.78 Å². The topological polar surface area (TPSA) is 78.7 Å². The molecule has 1 saturated heterocycles. The number of hydrogen-bond donors (Lipinski definition) is 1. The second-order valence-corrected chi connectivity index (χ2v) is 8.84. The summed E-state index contributed by atoms with van der Waals surface area (Å²) >= 11 is 0. The molecule has 1 saturated carbocycles. The van der Waals surface area contributed by atoms with Gasteiger partial charge in [0.25, 0.3) is 5.91 Å². The van der Waals surface area contributed by atoms with Gasteiger partial charge in [-0.1, -0.05) is 18.0 Å². The number of aromatic nitrogens is 1. The highest BCUT2D eigenvalue weighted by atomic mass is 19.1. The Hall–Kier alpha value is -2.81. The summed E-state index contributed by atoms with van der Waals surface area (Å²) in [5.41, 5.74) is 0.143. The molecule has 2 atom stereocenters. The number of rotatable bonds is 5. The van der Waals surface area contributed by atoms with Crippen molar-refractivity contribution < 1.29 is 22.9 Å². The van der Waals surface area contributed by atoms with E-state index in [1.807, 2.05) is 0 Å². The van der Waals surface area contributed by atoms with Crippen molar-refractivity contribution in [2.45, 2.75) is 44.2 Å². The van der Waals surface area contributed by atoms with E-state index >= 15 is 0 Å². The van der Waals surface area contributed by atoms with Crippen molar-refractivity contribution in [1.29, 1.82) is 0 Å². The van der Waals surface area contributed by atoms with Crippen molar-refractivity contribution in [3.8, 4) is 11.3 Å². The maximum atomic E-state index is 14.0. The Morgan fingerprint density at radius 3 is 2.59 bits per heavy atom. The van der Waals surface area contributed by atoms with Gasteiger partial charge < -0.3 is 14.7 Å². The van der Waals surface area contributed by atoms with Crippen molar-refractivity contribution in [3.05, 3.63) is 41.7 Å². The Balaban J connectivity index is 1.47. The smallest absolute Gasteiger partial charge is 0.290 e. The number of piperidine rings is 1. The molecule has 32 heavy (non-hydrogen) atoms. The SMILES string of the molecule is CN(C)C(=O)[C@@H]1CN(C2CCCC2)CC[C@H]1NC(=O)c1cc(-c2ccc(F)cc2F)no1. The van der Waals surface area contributed by atoms with Crippen LogP contribution in [0.2, 0.25) is 0 Å². The average molecular weight is 446 g/mol. The maximum Gasteiger partial charge on any atom is 0.290 e. The normalized spacial score (nSPS) is 22.1. The Kier molecular flexibility index (Phi) is 6.55. The van der Waals surface area contributed by atoms with Crippen molar-refractivity contribution in [1.82, 2.24) is 20.3 Å². The summed E-state index contributed by atoms with van der Waals surface area (Å²) in [6.45, 7) is 1.42. The summed E-state index contributed by atoms with van der Waals surface area (Å²) in [6, 6.07) is 4.59. The van der Waals surface area contributed by atoms with Crippen molar-refractivity contribution in [2.75, 3.05) is 27.2 Å². The lowest BCUT2D eigenvalue weighted by Crippen LogP contribution is -2.57. The van der Waals surface area contributed by atoms with E-state index in [1.54, 1.807) is 19.0 Å². The molecular weight excluding hydrogens is 418 g/mol. The zero-order chi connectivity index (χ0) is 22.8. The number of nitrogens with one attached hydrogen (secondary N) is 1. The van der Waals surface area contributed by atoms with Crippen LogP contribution in [-0.4, -0.2) is 66.0 Å². The molecule has 2 amide bonds. The number of benzene rings is 1. The van der Waals surface area contributed by atoms with E-state index < -0.39 is 17.5 Å². The van der Waals surface area contributed by atoms with Crippen LogP contribution < -0.4 is 5.32 Å². The first kappa shape index (κ1) is 22.4. The molecule has 7 nitrogen and oxygen atoms in total. The number of halogens is 2. The van der Waals surface area contributed by atoms with Gasteiger partial charge in [0.1, 0.15) is 17.3 Å². The van der Waals surface area contributed by atoms with Crippen LogP contribution in [0.3, 0.4) is 0 Å². The largest absolute Gasteiger partial charge is 0.350 e. The van der Waals surface area contributed by atoms with Crippen LogP contribution in [0.25, 0.3) is 11.3 Å². The summed E-state index contributed by atoms with van der Waals surface area (Å²) in [7, 11) is 3.44.